The van der Waals surface area contributed by atoms with E-state index in [4.69, 9.17) is 5.11 Å². The molecule has 0 saturated heterocycles. The van der Waals surface area contributed by atoms with E-state index in [1.54, 1.807) is 0 Å². The lowest BCUT2D eigenvalue weighted by atomic mass is 10.1. The van der Waals surface area contributed by atoms with Gasteiger partial charge in [-0.2, -0.15) is 0 Å². The van der Waals surface area contributed by atoms with Crippen LogP contribution >= 0.6 is 15.9 Å². The van der Waals surface area contributed by atoms with Gasteiger partial charge in [0.15, 0.2) is 0 Å². The number of aliphatic carboxylic acids is 1. The summed E-state index contributed by atoms with van der Waals surface area (Å²) in [7, 11) is 0. The molecule has 2 nitrogen and oxygen atoms in total. The van der Waals surface area contributed by atoms with Crippen molar-refractivity contribution in [2.45, 2.75) is 37.4 Å². The normalized spacial score (nSPS) is 11.5. The van der Waals surface area contributed by atoms with Crippen molar-refractivity contribution in [3.05, 3.63) is 0 Å². The number of hydrogen-bond donors (Lipinski definition) is 1. The maximum absolute atomic E-state index is 10.1. The first-order chi connectivity index (χ1) is 4.42. The Labute approximate surface area is 69.8 Å². The molecule has 0 atom stereocenters. The molecule has 1 N–H and O–H groups in total. The zero-order chi connectivity index (χ0) is 8.20. The largest absolute Gasteiger partial charge is 0.481 e. The molecule has 0 radical (unpaired) electrons. The number of alkyl halides is 1. The van der Waals surface area contributed by atoms with Gasteiger partial charge in [-0.25, -0.2) is 0 Å². The maximum atomic E-state index is 10.1. The summed E-state index contributed by atoms with van der Waals surface area (Å²) in [6, 6.07) is 0. The van der Waals surface area contributed by atoms with E-state index in [9.17, 15) is 4.79 Å². The molecule has 0 aromatic rings. The molecule has 0 saturated carbocycles. The summed E-state index contributed by atoms with van der Waals surface area (Å²) in [5.74, 6) is -0.711. The van der Waals surface area contributed by atoms with E-state index in [1.807, 2.05) is 13.8 Å². The zero-order valence-electron chi connectivity index (χ0n) is 6.35. The highest BCUT2D eigenvalue weighted by Gasteiger charge is 2.12. The van der Waals surface area contributed by atoms with Crippen molar-refractivity contribution in [2.75, 3.05) is 0 Å². The van der Waals surface area contributed by atoms with Crippen LogP contribution in [0.4, 0.5) is 0 Å². The Bertz CT molecular complexity index is 115. The van der Waals surface area contributed by atoms with Crippen molar-refractivity contribution in [3.8, 4) is 0 Å². The van der Waals surface area contributed by atoms with E-state index in [1.165, 1.54) is 0 Å². The molecule has 0 amide bonds. The topological polar surface area (TPSA) is 37.3 Å². The molecule has 0 fully saturated rings. The van der Waals surface area contributed by atoms with Crippen LogP contribution < -0.4 is 0 Å². The van der Waals surface area contributed by atoms with Crippen LogP contribution in [0.3, 0.4) is 0 Å². The molecule has 10 heavy (non-hydrogen) atoms. The monoisotopic (exact) mass is 208 g/mol. The number of hydrogen-bond acceptors (Lipinski definition) is 1. The van der Waals surface area contributed by atoms with Crippen molar-refractivity contribution in [3.63, 3.8) is 0 Å². The fourth-order valence-corrected chi connectivity index (χ4v) is 0.940. The number of carboxylic acids is 1. The highest BCUT2D eigenvalue weighted by atomic mass is 79.9. The molecule has 0 aliphatic carbocycles. The fourth-order valence-electron chi connectivity index (χ4n) is 0.660. The van der Waals surface area contributed by atoms with Crippen LogP contribution in [0.5, 0.6) is 0 Å². The van der Waals surface area contributed by atoms with Crippen LogP contribution in [-0.4, -0.2) is 15.4 Å². The zero-order valence-corrected chi connectivity index (χ0v) is 7.94. The molecule has 0 rings (SSSR count). The van der Waals surface area contributed by atoms with Gasteiger partial charge in [0.05, 0.1) is 0 Å². The number of carboxylic acid groups (broad SMARTS) is 1. The van der Waals surface area contributed by atoms with Gasteiger partial charge < -0.3 is 5.11 Å². The minimum atomic E-state index is -0.711. The molecular weight excluding hydrogens is 196 g/mol. The van der Waals surface area contributed by atoms with Crippen LogP contribution in [-0.2, 0) is 4.79 Å². The van der Waals surface area contributed by atoms with Gasteiger partial charge in [0.1, 0.15) is 0 Å². The highest BCUT2D eigenvalue weighted by molar-refractivity contribution is 9.10. The van der Waals surface area contributed by atoms with Gasteiger partial charge >= 0.3 is 5.97 Å². The summed E-state index contributed by atoms with van der Waals surface area (Å²) in [6.07, 6.45) is 1.92. The van der Waals surface area contributed by atoms with E-state index in [0.717, 1.165) is 12.8 Å². The van der Waals surface area contributed by atoms with Crippen molar-refractivity contribution in [2.24, 2.45) is 0 Å². The van der Waals surface area contributed by atoms with Crippen molar-refractivity contribution < 1.29 is 9.90 Å². The predicted octanol–water partition coefficient (Wildman–Crippen LogP) is 2.41. The number of halogens is 1. The van der Waals surface area contributed by atoms with E-state index >= 15 is 0 Å². The Morgan fingerprint density at radius 3 is 2.40 bits per heavy atom. The first-order valence-electron chi connectivity index (χ1n) is 3.32. The smallest absolute Gasteiger partial charge is 0.303 e. The van der Waals surface area contributed by atoms with E-state index in [2.05, 4.69) is 15.9 Å². The van der Waals surface area contributed by atoms with E-state index < -0.39 is 5.97 Å². The van der Waals surface area contributed by atoms with Gasteiger partial charge in [-0.15, -0.1) is 0 Å². The molecule has 60 valence electrons. The average molecular weight is 209 g/mol. The lowest BCUT2D eigenvalue weighted by Crippen LogP contribution is -2.09. The first-order valence-corrected chi connectivity index (χ1v) is 4.12. The molecule has 0 aliphatic heterocycles. The summed E-state index contributed by atoms with van der Waals surface area (Å²) in [5.41, 5.74) is 0. The summed E-state index contributed by atoms with van der Waals surface area (Å²) in [4.78, 5) is 10.1. The second kappa shape index (κ2) is 3.96. The molecule has 0 aromatic heterocycles. The lowest BCUT2D eigenvalue weighted by Gasteiger charge is -2.13. The minimum Gasteiger partial charge on any atom is -0.481 e. The number of rotatable bonds is 4. The SMILES string of the molecule is CC(C)(Br)CCCC(=O)O. The molecule has 3 heteroatoms. The fraction of sp³-hybridized carbons (Fsp3) is 0.857. The summed E-state index contributed by atoms with van der Waals surface area (Å²) >= 11 is 3.44. The first kappa shape index (κ1) is 9.95. The van der Waals surface area contributed by atoms with Gasteiger partial charge in [-0.3, -0.25) is 4.79 Å². The highest BCUT2D eigenvalue weighted by Crippen LogP contribution is 2.22. The van der Waals surface area contributed by atoms with Gasteiger partial charge in [0.25, 0.3) is 0 Å². The van der Waals surface area contributed by atoms with E-state index in [0.29, 0.717) is 0 Å². The summed E-state index contributed by atoms with van der Waals surface area (Å²) in [5, 5.41) is 8.30. The second-order valence-corrected chi connectivity index (χ2v) is 5.11. The van der Waals surface area contributed by atoms with Gasteiger partial charge in [-0.1, -0.05) is 29.8 Å². The molecule has 0 bridgehead atoms. The van der Waals surface area contributed by atoms with Crippen LogP contribution in [0.15, 0.2) is 0 Å². The predicted molar refractivity (Wildman–Crippen MR) is 44.5 cm³/mol. The minimum absolute atomic E-state index is 0.0858. The molecule has 0 aromatic carbocycles. The quantitative estimate of drug-likeness (QED) is 0.722. The summed E-state index contributed by atoms with van der Waals surface area (Å²) < 4.78 is 0.0858. The number of carbonyl (C=O) groups is 1. The Balaban J connectivity index is 3.29. The third-order valence-electron chi connectivity index (χ3n) is 1.16. The average Bonchev–Trinajstić information content (AvgIpc) is 1.59. The van der Waals surface area contributed by atoms with Crippen LogP contribution in [0.25, 0.3) is 0 Å². The van der Waals surface area contributed by atoms with Crippen LogP contribution in [0.1, 0.15) is 33.1 Å². The second-order valence-electron chi connectivity index (χ2n) is 2.97. The Morgan fingerprint density at radius 2 is 2.10 bits per heavy atom. The van der Waals surface area contributed by atoms with Crippen molar-refractivity contribution in [1.82, 2.24) is 0 Å². The molecule has 0 spiro atoms. The van der Waals surface area contributed by atoms with Gasteiger partial charge in [0, 0.05) is 10.7 Å². The third kappa shape index (κ3) is 7.95. The summed E-state index contributed by atoms with van der Waals surface area (Å²) in [6.45, 7) is 4.07. The van der Waals surface area contributed by atoms with Crippen molar-refractivity contribution in [1.29, 1.82) is 0 Å². The lowest BCUT2D eigenvalue weighted by molar-refractivity contribution is -0.137. The Kier molecular flexibility index (Phi) is 3.94. The van der Waals surface area contributed by atoms with E-state index in [-0.39, 0.29) is 10.7 Å². The Hall–Kier alpha value is -0.0500. The molecular formula is C7H13BrO2. The molecule has 0 aliphatic rings. The standard InChI is InChI=1S/C7H13BrO2/c1-7(2,8)5-3-4-6(9)10/h3-5H2,1-2H3,(H,9,10). The van der Waals surface area contributed by atoms with Crippen molar-refractivity contribution >= 4 is 21.9 Å². The molecule has 0 heterocycles. The molecule has 0 unspecified atom stereocenters. The van der Waals surface area contributed by atoms with Gasteiger partial charge in [0.2, 0.25) is 0 Å². The Morgan fingerprint density at radius 1 is 1.60 bits per heavy atom. The maximum Gasteiger partial charge on any atom is 0.303 e. The third-order valence-corrected chi connectivity index (χ3v) is 1.56. The van der Waals surface area contributed by atoms with Crippen LogP contribution in [0, 0.1) is 0 Å². The van der Waals surface area contributed by atoms with Crippen LogP contribution in [0.2, 0.25) is 0 Å². The van der Waals surface area contributed by atoms with Gasteiger partial charge in [-0.05, 0) is 12.8 Å².